The maximum atomic E-state index is 13.6. The van der Waals surface area contributed by atoms with Crippen molar-refractivity contribution in [2.75, 3.05) is 0 Å². The summed E-state index contributed by atoms with van der Waals surface area (Å²) in [5.74, 6) is -121. The molecule has 340 valence electrons. The Morgan fingerprint density at radius 1 is 0.333 bits per heavy atom. The Morgan fingerprint density at radius 2 is 0.474 bits per heavy atom. The smallest absolute Gasteiger partial charge is 0.460 e. The first-order valence-corrected chi connectivity index (χ1v) is 11.8. The van der Waals surface area contributed by atoms with Crippen LogP contribution in [-0.4, -0.2) is 94.5 Å². The average Bonchev–Trinajstić information content (AvgIpc) is 2.97. The van der Waals surface area contributed by atoms with Crippen molar-refractivity contribution < 1.29 is 164 Å². The summed E-state index contributed by atoms with van der Waals surface area (Å²) in [6.07, 6.45) is -16.4. The van der Waals surface area contributed by atoms with Gasteiger partial charge in [0.15, 0.2) is 0 Å². The summed E-state index contributed by atoms with van der Waals surface area (Å²) in [5, 5.41) is 7.42. The molecule has 1 N–H and O–H groups in total. The van der Waals surface area contributed by atoms with Crippen LogP contribution in [-0.2, 0) is 9.53 Å². The van der Waals surface area contributed by atoms with Gasteiger partial charge >= 0.3 is 95.4 Å². The van der Waals surface area contributed by atoms with Gasteiger partial charge in [-0.3, -0.25) is 4.79 Å². The first-order chi connectivity index (χ1) is 24.1. The van der Waals surface area contributed by atoms with Gasteiger partial charge < -0.3 is 9.84 Å². The third kappa shape index (κ3) is 8.06. The number of ether oxygens (including phenoxy) is 1. The van der Waals surface area contributed by atoms with E-state index in [9.17, 15) is 149 Å². The number of allylic oxidation sites excluding steroid dienone is 2. The Hall–Kier alpha value is -3.63. The molecule has 0 spiro atoms. The van der Waals surface area contributed by atoms with Gasteiger partial charge in [-0.15, -0.1) is 0 Å². The van der Waals surface area contributed by atoms with Gasteiger partial charge in [-0.25, -0.2) is 0 Å². The minimum Gasteiger partial charge on any atom is -0.481 e. The Balaban J connectivity index is 0. The highest BCUT2D eigenvalue weighted by molar-refractivity contribution is 5.62. The van der Waals surface area contributed by atoms with Crippen molar-refractivity contribution in [3.05, 3.63) is 23.7 Å². The van der Waals surface area contributed by atoms with Crippen LogP contribution in [0.25, 0.3) is 0 Å². The molecule has 0 fully saturated rings. The number of hydrogen-bond acceptors (Lipinski definition) is 2. The van der Waals surface area contributed by atoms with Crippen molar-refractivity contribution in [3.63, 3.8) is 0 Å². The van der Waals surface area contributed by atoms with Gasteiger partial charge in [0.25, 0.3) is 5.97 Å². The standard InChI is InChI=1S/C18F34O.C2H4O2/c19-1(5(23,24)7(27,28)9(31,32)11(35,36)13(39,40)15(43,44)17(47,48)49)3(21)53-4(22)2(20)6(25,26)8(29,30)10(33,34)12(37,38)14(41,42)16(45,46)18(50,51)52;1-2(3)4/h;1H3,(H,3,4). The van der Waals surface area contributed by atoms with Crippen molar-refractivity contribution in [2.45, 2.75) is 90.3 Å². The molecule has 0 aliphatic rings. The van der Waals surface area contributed by atoms with Crippen molar-refractivity contribution in [3.8, 4) is 0 Å². The topological polar surface area (TPSA) is 46.5 Å². The highest BCUT2D eigenvalue weighted by Crippen LogP contribution is 2.65. The van der Waals surface area contributed by atoms with E-state index in [1.54, 1.807) is 4.74 Å². The molecule has 0 saturated carbocycles. The highest BCUT2D eigenvalue weighted by Gasteiger charge is 2.95. The van der Waals surface area contributed by atoms with Crippen LogP contribution in [0.4, 0.5) is 149 Å². The third-order valence-corrected chi connectivity index (χ3v) is 5.73. The Morgan fingerprint density at radius 3 is 0.632 bits per heavy atom. The first-order valence-electron chi connectivity index (χ1n) is 11.8. The average molecular weight is 938 g/mol. The van der Waals surface area contributed by atoms with E-state index in [0.717, 1.165) is 6.92 Å². The lowest BCUT2D eigenvalue weighted by molar-refractivity contribution is -0.451. The van der Waals surface area contributed by atoms with Crippen molar-refractivity contribution >= 4 is 5.97 Å². The van der Waals surface area contributed by atoms with Crippen LogP contribution in [0.3, 0.4) is 0 Å². The van der Waals surface area contributed by atoms with Gasteiger partial charge in [-0.1, -0.05) is 0 Å². The SMILES string of the molecule is CC(=O)O.FC(OC(F)=C(F)C(F)(F)C(F)(F)C(F)(F)C(F)(F)C(F)(F)C(F)(F)C(F)(F)F)=C(F)C(F)(F)C(F)(F)C(F)(F)C(F)(F)C(F)(F)C(F)(F)C(F)(F)F. The van der Waals surface area contributed by atoms with E-state index in [1.807, 2.05) is 0 Å². The number of carbonyl (C=O) groups is 1. The van der Waals surface area contributed by atoms with Crippen LogP contribution in [0, 0.1) is 0 Å². The van der Waals surface area contributed by atoms with Crippen molar-refractivity contribution in [2.24, 2.45) is 0 Å². The number of halogens is 34. The second-order valence-electron chi connectivity index (χ2n) is 9.68. The molecule has 0 heterocycles. The Kier molecular flexibility index (Phi) is 14.5. The summed E-state index contributed by atoms with van der Waals surface area (Å²) in [6.45, 7) is 1.08. The van der Waals surface area contributed by atoms with Crippen molar-refractivity contribution in [1.82, 2.24) is 0 Å². The van der Waals surface area contributed by atoms with Gasteiger partial charge in [0, 0.05) is 6.92 Å². The summed E-state index contributed by atoms with van der Waals surface area (Å²) < 4.78 is 447. The van der Waals surface area contributed by atoms with Crippen LogP contribution in [0.1, 0.15) is 6.92 Å². The van der Waals surface area contributed by atoms with Gasteiger partial charge in [0.2, 0.25) is 11.7 Å². The molecule has 0 rings (SSSR count). The zero-order valence-electron chi connectivity index (χ0n) is 24.6. The normalized spacial score (nSPS) is 16.7. The van der Waals surface area contributed by atoms with Crippen LogP contribution < -0.4 is 0 Å². The van der Waals surface area contributed by atoms with Gasteiger partial charge in [-0.05, 0) is 0 Å². The van der Waals surface area contributed by atoms with Crippen molar-refractivity contribution in [1.29, 1.82) is 0 Å². The zero-order chi connectivity index (χ0) is 47.6. The Bertz CT molecular complexity index is 1410. The molecule has 0 aliphatic heterocycles. The van der Waals surface area contributed by atoms with E-state index in [1.165, 1.54) is 0 Å². The molecule has 0 aromatic carbocycles. The molecule has 0 aromatic rings. The monoisotopic (exact) mass is 938 g/mol. The number of alkyl halides is 30. The molecule has 0 saturated heterocycles. The summed E-state index contributed by atoms with van der Waals surface area (Å²) in [7, 11) is 0. The van der Waals surface area contributed by atoms with Crippen LogP contribution in [0.5, 0.6) is 0 Å². The zero-order valence-corrected chi connectivity index (χ0v) is 24.6. The highest BCUT2D eigenvalue weighted by atomic mass is 19.4. The number of rotatable bonds is 14. The lowest BCUT2D eigenvalue weighted by atomic mass is 9.90. The van der Waals surface area contributed by atoms with E-state index in [4.69, 9.17) is 9.90 Å². The van der Waals surface area contributed by atoms with Crippen LogP contribution >= 0.6 is 0 Å². The van der Waals surface area contributed by atoms with Crippen LogP contribution in [0.15, 0.2) is 23.7 Å². The molecule has 3 nitrogen and oxygen atoms in total. The van der Waals surface area contributed by atoms with E-state index < -0.39 is 113 Å². The molecular weight excluding hydrogens is 934 g/mol. The fourth-order valence-electron chi connectivity index (χ4n) is 2.62. The van der Waals surface area contributed by atoms with E-state index >= 15 is 0 Å². The van der Waals surface area contributed by atoms with E-state index in [0.29, 0.717) is 0 Å². The minimum absolute atomic E-state index is 0.833. The quantitative estimate of drug-likeness (QED) is 0.139. The molecule has 0 atom stereocenters. The molecule has 0 unspecified atom stereocenters. The maximum Gasteiger partial charge on any atom is 0.460 e. The predicted octanol–water partition coefficient (Wildman–Crippen LogP) is 12.1. The molecule has 0 aromatic heterocycles. The molecule has 0 radical (unpaired) electrons. The van der Waals surface area contributed by atoms with Crippen LogP contribution in [0.2, 0.25) is 0 Å². The summed E-state index contributed by atoms with van der Waals surface area (Å²) in [5.41, 5.74) is 0. The Labute approximate surface area is 285 Å². The fraction of sp³-hybridized carbons (Fsp3) is 0.750. The van der Waals surface area contributed by atoms with E-state index in [-0.39, 0.29) is 0 Å². The lowest BCUT2D eigenvalue weighted by Gasteiger charge is -2.41. The van der Waals surface area contributed by atoms with Gasteiger partial charge in [0.05, 0.1) is 0 Å². The lowest BCUT2D eigenvalue weighted by Crippen LogP contribution is -2.72. The summed E-state index contributed by atoms with van der Waals surface area (Å²) in [6, 6.07) is -10.7. The van der Waals surface area contributed by atoms with Gasteiger partial charge in [0.1, 0.15) is 0 Å². The minimum atomic E-state index is -9.31. The molecule has 37 heteroatoms. The first kappa shape index (κ1) is 55.5. The molecule has 0 amide bonds. The molecule has 0 aliphatic carbocycles. The number of carboxylic acid groups (broad SMARTS) is 1. The fourth-order valence-corrected chi connectivity index (χ4v) is 2.62. The van der Waals surface area contributed by atoms with E-state index in [2.05, 4.69) is 0 Å². The summed E-state index contributed by atoms with van der Waals surface area (Å²) >= 11 is 0. The van der Waals surface area contributed by atoms with Gasteiger partial charge in [-0.2, -0.15) is 149 Å². The number of hydrogen-bond donors (Lipinski definition) is 1. The third-order valence-electron chi connectivity index (χ3n) is 5.73. The second kappa shape index (κ2) is 14.9. The molecule has 0 bridgehead atoms. The molecular formula is C20H4F34O3. The number of carboxylic acids is 1. The second-order valence-corrected chi connectivity index (χ2v) is 9.68. The number of aliphatic carboxylic acids is 1. The predicted molar refractivity (Wildman–Crippen MR) is 104 cm³/mol. The summed E-state index contributed by atoms with van der Waals surface area (Å²) in [4.78, 5) is 9.00. The largest absolute Gasteiger partial charge is 0.481 e. The maximum absolute atomic E-state index is 13.6. The molecule has 57 heavy (non-hydrogen) atoms.